The molecule has 3 rings (SSSR count). The molecule has 0 spiro atoms. The van der Waals surface area contributed by atoms with Crippen LogP contribution in [0.4, 0.5) is 5.69 Å². The van der Waals surface area contributed by atoms with E-state index in [-0.39, 0.29) is 18.9 Å². The number of hydrogen-bond donors (Lipinski definition) is 1. The minimum absolute atomic E-state index is 0.0402. The number of aryl methyl sites for hydroxylation is 1. The Morgan fingerprint density at radius 2 is 1.65 bits per heavy atom. The van der Waals surface area contributed by atoms with Crippen molar-refractivity contribution in [2.45, 2.75) is 32.9 Å². The van der Waals surface area contributed by atoms with Crippen molar-refractivity contribution in [2.24, 2.45) is 0 Å². The summed E-state index contributed by atoms with van der Waals surface area (Å²) in [6, 6.07) is 22.5. The van der Waals surface area contributed by atoms with Crippen molar-refractivity contribution >= 4 is 39.1 Å². The van der Waals surface area contributed by atoms with Gasteiger partial charge in [-0.15, -0.1) is 0 Å². The van der Waals surface area contributed by atoms with Gasteiger partial charge in [-0.3, -0.25) is 13.9 Å². The fraction of sp³-hybridized carbons (Fsp3) is 0.286. The Bertz CT molecular complexity index is 1330. The van der Waals surface area contributed by atoms with Crippen molar-refractivity contribution in [3.05, 3.63) is 101 Å². The molecule has 0 aliphatic heterocycles. The number of carbonyl (C=O) groups is 2. The van der Waals surface area contributed by atoms with Crippen molar-refractivity contribution in [3.63, 3.8) is 0 Å². The van der Waals surface area contributed by atoms with Crippen LogP contribution in [0.15, 0.2) is 78.9 Å². The molecule has 1 atom stereocenters. The van der Waals surface area contributed by atoms with Gasteiger partial charge in [-0.05, 0) is 48.7 Å². The summed E-state index contributed by atoms with van der Waals surface area (Å²) in [7, 11) is -3.80. The third-order valence-electron chi connectivity index (χ3n) is 5.89. The van der Waals surface area contributed by atoms with Gasteiger partial charge in [0.2, 0.25) is 21.8 Å². The lowest BCUT2D eigenvalue weighted by atomic mass is 10.0. The Kier molecular flexibility index (Phi) is 9.72. The molecule has 196 valence electrons. The summed E-state index contributed by atoms with van der Waals surface area (Å²) >= 11 is 6.43. The minimum Gasteiger partial charge on any atom is -0.355 e. The van der Waals surface area contributed by atoms with Crippen LogP contribution in [0.1, 0.15) is 23.6 Å². The number of nitrogens with zero attached hydrogens (tertiary/aromatic N) is 2. The van der Waals surface area contributed by atoms with E-state index in [4.69, 9.17) is 11.6 Å². The van der Waals surface area contributed by atoms with Gasteiger partial charge in [0, 0.05) is 24.5 Å². The van der Waals surface area contributed by atoms with E-state index in [0.717, 1.165) is 21.7 Å². The largest absolute Gasteiger partial charge is 0.355 e. The zero-order chi connectivity index (χ0) is 27.0. The summed E-state index contributed by atoms with van der Waals surface area (Å²) in [5.41, 5.74) is 2.76. The topological polar surface area (TPSA) is 86.8 Å². The highest BCUT2D eigenvalue weighted by molar-refractivity contribution is 7.92. The summed E-state index contributed by atoms with van der Waals surface area (Å²) in [6.45, 7) is 3.62. The summed E-state index contributed by atoms with van der Waals surface area (Å²) in [5.74, 6) is -0.841. The lowest BCUT2D eigenvalue weighted by Crippen LogP contribution is -2.53. The fourth-order valence-electron chi connectivity index (χ4n) is 4.05. The van der Waals surface area contributed by atoms with Gasteiger partial charge >= 0.3 is 0 Å². The molecule has 0 aromatic heterocycles. The number of rotatable bonds is 11. The standard InChI is InChI=1S/C28H32ClN3O4S/c1-4-30-28(34)26(18-22-12-6-5-7-13-22)31(19-23-14-8-9-16-25(23)29)27(33)20-32(37(3,35)36)24-15-10-11-21(2)17-24/h5-17,26H,4,18-20H2,1-3H3,(H,30,34)/t26-/m1/s1. The molecular weight excluding hydrogens is 510 g/mol. The first kappa shape index (κ1) is 28.2. The summed E-state index contributed by atoms with van der Waals surface area (Å²) < 4.78 is 26.6. The zero-order valence-corrected chi connectivity index (χ0v) is 22.8. The van der Waals surface area contributed by atoms with Gasteiger partial charge in [0.05, 0.1) is 11.9 Å². The number of amides is 2. The second-order valence-electron chi connectivity index (χ2n) is 8.82. The predicted molar refractivity (Wildman–Crippen MR) is 148 cm³/mol. The monoisotopic (exact) mass is 541 g/mol. The van der Waals surface area contributed by atoms with Crippen molar-refractivity contribution < 1.29 is 18.0 Å². The van der Waals surface area contributed by atoms with E-state index in [9.17, 15) is 18.0 Å². The average Bonchev–Trinajstić information content (AvgIpc) is 2.85. The third-order valence-corrected chi connectivity index (χ3v) is 7.40. The molecule has 1 N–H and O–H groups in total. The van der Waals surface area contributed by atoms with Crippen molar-refractivity contribution in [3.8, 4) is 0 Å². The number of benzene rings is 3. The van der Waals surface area contributed by atoms with E-state index in [1.54, 1.807) is 49.4 Å². The van der Waals surface area contributed by atoms with Gasteiger partial charge < -0.3 is 10.2 Å². The molecule has 7 nitrogen and oxygen atoms in total. The second kappa shape index (κ2) is 12.7. The zero-order valence-electron chi connectivity index (χ0n) is 21.2. The van der Waals surface area contributed by atoms with Crippen LogP contribution >= 0.6 is 11.6 Å². The predicted octanol–water partition coefficient (Wildman–Crippen LogP) is 4.19. The highest BCUT2D eigenvalue weighted by Crippen LogP contribution is 2.23. The van der Waals surface area contributed by atoms with Crippen LogP contribution < -0.4 is 9.62 Å². The molecule has 9 heteroatoms. The van der Waals surface area contributed by atoms with E-state index in [1.807, 2.05) is 43.3 Å². The quantitative estimate of drug-likeness (QED) is 0.394. The number of sulfonamides is 1. The van der Waals surface area contributed by atoms with E-state index in [0.29, 0.717) is 22.8 Å². The Labute approximate surface area is 224 Å². The van der Waals surface area contributed by atoms with Gasteiger partial charge in [0.25, 0.3) is 0 Å². The molecule has 0 fully saturated rings. The van der Waals surface area contributed by atoms with Crippen LogP contribution in [-0.4, -0.2) is 50.5 Å². The van der Waals surface area contributed by atoms with Crippen molar-refractivity contribution in [2.75, 3.05) is 23.7 Å². The molecule has 2 amide bonds. The second-order valence-corrected chi connectivity index (χ2v) is 11.1. The molecule has 0 radical (unpaired) electrons. The van der Waals surface area contributed by atoms with E-state index >= 15 is 0 Å². The molecular formula is C28H32ClN3O4S. The van der Waals surface area contributed by atoms with Crippen LogP contribution in [-0.2, 0) is 32.6 Å². The molecule has 3 aromatic carbocycles. The first-order chi connectivity index (χ1) is 17.6. The van der Waals surface area contributed by atoms with Gasteiger partial charge in [-0.1, -0.05) is 72.3 Å². The lowest BCUT2D eigenvalue weighted by Gasteiger charge is -2.33. The normalized spacial score (nSPS) is 12.0. The van der Waals surface area contributed by atoms with Gasteiger partial charge in [-0.25, -0.2) is 8.42 Å². The van der Waals surface area contributed by atoms with Crippen molar-refractivity contribution in [1.29, 1.82) is 0 Å². The lowest BCUT2D eigenvalue weighted by molar-refractivity contribution is -0.140. The van der Waals surface area contributed by atoms with Gasteiger partial charge in [0.1, 0.15) is 12.6 Å². The van der Waals surface area contributed by atoms with Crippen LogP contribution in [0.3, 0.4) is 0 Å². The van der Waals surface area contributed by atoms with E-state index in [2.05, 4.69) is 5.32 Å². The van der Waals surface area contributed by atoms with E-state index in [1.165, 1.54) is 4.90 Å². The third kappa shape index (κ3) is 7.81. The van der Waals surface area contributed by atoms with Crippen molar-refractivity contribution in [1.82, 2.24) is 10.2 Å². The van der Waals surface area contributed by atoms with Crippen LogP contribution in [0.5, 0.6) is 0 Å². The molecule has 0 saturated heterocycles. The number of carbonyl (C=O) groups excluding carboxylic acids is 2. The Morgan fingerprint density at radius 3 is 2.27 bits per heavy atom. The Balaban J connectivity index is 2.05. The Hall–Kier alpha value is -3.36. The molecule has 37 heavy (non-hydrogen) atoms. The number of likely N-dealkylation sites (N-methyl/N-ethyl adjacent to an activating group) is 1. The van der Waals surface area contributed by atoms with Gasteiger partial charge in [0.15, 0.2) is 0 Å². The molecule has 0 aliphatic rings. The molecule has 0 heterocycles. The number of nitrogens with one attached hydrogen (secondary N) is 1. The highest BCUT2D eigenvalue weighted by atomic mass is 35.5. The van der Waals surface area contributed by atoms with E-state index < -0.39 is 28.5 Å². The maximum absolute atomic E-state index is 13.9. The van der Waals surface area contributed by atoms with Crippen LogP contribution in [0.2, 0.25) is 5.02 Å². The summed E-state index contributed by atoms with van der Waals surface area (Å²) in [5, 5.41) is 3.28. The minimum atomic E-state index is -3.80. The van der Waals surface area contributed by atoms with Crippen LogP contribution in [0, 0.1) is 6.92 Å². The Morgan fingerprint density at radius 1 is 0.973 bits per heavy atom. The molecule has 0 saturated carbocycles. The average molecular weight is 542 g/mol. The van der Waals surface area contributed by atoms with Crippen LogP contribution in [0.25, 0.3) is 0 Å². The highest BCUT2D eigenvalue weighted by Gasteiger charge is 2.33. The number of anilines is 1. The first-order valence-electron chi connectivity index (χ1n) is 12.0. The molecule has 0 unspecified atom stereocenters. The molecule has 3 aromatic rings. The smallest absolute Gasteiger partial charge is 0.244 e. The number of hydrogen-bond acceptors (Lipinski definition) is 4. The molecule has 0 aliphatic carbocycles. The summed E-state index contributed by atoms with van der Waals surface area (Å²) in [6.07, 6.45) is 1.32. The first-order valence-corrected chi connectivity index (χ1v) is 14.2. The SMILES string of the molecule is CCNC(=O)[C@@H](Cc1ccccc1)N(Cc1ccccc1Cl)C(=O)CN(c1cccc(C)c1)S(C)(=O)=O. The molecule has 0 bridgehead atoms. The summed E-state index contributed by atoms with van der Waals surface area (Å²) in [4.78, 5) is 28.6. The maximum Gasteiger partial charge on any atom is 0.244 e. The number of halogens is 1. The maximum atomic E-state index is 13.9. The fourth-order valence-corrected chi connectivity index (χ4v) is 5.09. The van der Waals surface area contributed by atoms with Gasteiger partial charge in [-0.2, -0.15) is 0 Å².